The van der Waals surface area contributed by atoms with Crippen LogP contribution in [0.3, 0.4) is 0 Å². The SMILES string of the molecule is CC1(C)C[C@@]1(CNC(=O)Cc1c[nH]c(=O)[nH]c1=O)c1ccccc1. The number of carbonyl (C=O) groups is 1. The van der Waals surface area contributed by atoms with Gasteiger partial charge in [-0.15, -0.1) is 0 Å². The van der Waals surface area contributed by atoms with Crippen molar-refractivity contribution < 1.29 is 4.79 Å². The van der Waals surface area contributed by atoms with E-state index in [0.29, 0.717) is 6.54 Å². The molecule has 1 aromatic carbocycles. The van der Waals surface area contributed by atoms with Gasteiger partial charge in [-0.3, -0.25) is 14.6 Å². The Bertz CT molecular complexity index is 867. The predicted octanol–water partition coefficient (Wildman–Crippen LogP) is 1.09. The molecule has 3 rings (SSSR count). The van der Waals surface area contributed by atoms with Gasteiger partial charge in [0.1, 0.15) is 0 Å². The highest BCUT2D eigenvalue weighted by atomic mass is 16.2. The molecule has 1 aliphatic rings. The third-order valence-electron chi connectivity index (χ3n) is 5.08. The van der Waals surface area contributed by atoms with Crippen LogP contribution in [0, 0.1) is 5.41 Å². The Morgan fingerprint density at radius 1 is 1.21 bits per heavy atom. The van der Waals surface area contributed by atoms with Crippen molar-refractivity contribution in [3.8, 4) is 0 Å². The lowest BCUT2D eigenvalue weighted by Crippen LogP contribution is -2.37. The fourth-order valence-corrected chi connectivity index (χ4v) is 3.42. The molecule has 6 heteroatoms. The molecule has 1 aromatic heterocycles. The van der Waals surface area contributed by atoms with E-state index in [1.165, 1.54) is 11.8 Å². The summed E-state index contributed by atoms with van der Waals surface area (Å²) < 4.78 is 0. The van der Waals surface area contributed by atoms with Crippen molar-refractivity contribution in [2.45, 2.75) is 32.1 Å². The van der Waals surface area contributed by atoms with E-state index in [-0.39, 0.29) is 28.7 Å². The van der Waals surface area contributed by atoms with Crippen LogP contribution in [-0.4, -0.2) is 22.4 Å². The third-order valence-corrected chi connectivity index (χ3v) is 5.08. The number of carbonyl (C=O) groups excluding carboxylic acids is 1. The summed E-state index contributed by atoms with van der Waals surface area (Å²) in [6.07, 6.45) is 2.23. The van der Waals surface area contributed by atoms with Crippen LogP contribution in [0.5, 0.6) is 0 Å². The van der Waals surface area contributed by atoms with Crippen molar-refractivity contribution in [1.82, 2.24) is 15.3 Å². The van der Waals surface area contributed by atoms with Crippen LogP contribution in [-0.2, 0) is 16.6 Å². The molecule has 0 aliphatic heterocycles. The minimum atomic E-state index is -0.577. The van der Waals surface area contributed by atoms with Crippen molar-refractivity contribution >= 4 is 5.91 Å². The van der Waals surface area contributed by atoms with Crippen LogP contribution >= 0.6 is 0 Å². The highest BCUT2D eigenvalue weighted by Gasteiger charge is 2.61. The molecule has 6 nitrogen and oxygen atoms in total. The molecule has 1 aliphatic carbocycles. The number of H-pyrrole nitrogens is 2. The van der Waals surface area contributed by atoms with Crippen LogP contribution in [0.25, 0.3) is 0 Å². The van der Waals surface area contributed by atoms with E-state index in [1.807, 2.05) is 18.2 Å². The van der Waals surface area contributed by atoms with Crippen molar-refractivity contribution in [3.05, 3.63) is 68.5 Å². The summed E-state index contributed by atoms with van der Waals surface area (Å²) in [6.45, 7) is 4.92. The average molecular weight is 327 g/mol. The fourth-order valence-electron chi connectivity index (χ4n) is 3.42. The number of hydrogen-bond donors (Lipinski definition) is 3. The number of nitrogens with one attached hydrogen (secondary N) is 3. The summed E-state index contributed by atoms with van der Waals surface area (Å²) in [7, 11) is 0. The zero-order chi connectivity index (χ0) is 17.4. The molecule has 0 radical (unpaired) electrons. The first-order valence-corrected chi connectivity index (χ1v) is 7.97. The minimum Gasteiger partial charge on any atom is -0.355 e. The number of amides is 1. The number of benzene rings is 1. The van der Waals surface area contributed by atoms with E-state index in [2.05, 4.69) is 41.3 Å². The minimum absolute atomic E-state index is 0.0581. The molecule has 0 saturated heterocycles. The fraction of sp³-hybridized carbons (Fsp3) is 0.389. The molecule has 1 fully saturated rings. The van der Waals surface area contributed by atoms with Gasteiger partial charge < -0.3 is 10.3 Å². The van der Waals surface area contributed by atoms with Crippen molar-refractivity contribution in [3.63, 3.8) is 0 Å². The first-order chi connectivity index (χ1) is 11.3. The lowest BCUT2D eigenvalue weighted by atomic mass is 9.88. The molecule has 0 unspecified atom stereocenters. The topological polar surface area (TPSA) is 94.8 Å². The zero-order valence-corrected chi connectivity index (χ0v) is 13.8. The maximum absolute atomic E-state index is 12.2. The second-order valence-corrected chi connectivity index (χ2v) is 7.06. The summed E-state index contributed by atoms with van der Waals surface area (Å²) in [5.41, 5.74) is 0.414. The van der Waals surface area contributed by atoms with Crippen LogP contribution in [0.1, 0.15) is 31.4 Å². The van der Waals surface area contributed by atoms with Crippen LogP contribution < -0.4 is 16.6 Å². The Morgan fingerprint density at radius 3 is 2.46 bits per heavy atom. The van der Waals surface area contributed by atoms with E-state index < -0.39 is 11.2 Å². The summed E-state index contributed by atoms with van der Waals surface area (Å²) in [5, 5.41) is 2.95. The zero-order valence-electron chi connectivity index (χ0n) is 13.8. The van der Waals surface area contributed by atoms with E-state index in [0.717, 1.165) is 6.42 Å². The molecule has 24 heavy (non-hydrogen) atoms. The standard InChI is InChI=1S/C18H21N3O3/c1-17(2)10-18(17,13-6-4-3-5-7-13)11-20-14(22)8-12-9-19-16(24)21-15(12)23/h3-7,9H,8,10-11H2,1-2H3,(H,20,22)(H2,19,21,23,24)/t18-/m1/s1. The van der Waals surface area contributed by atoms with Crippen LogP contribution in [0.2, 0.25) is 0 Å². The summed E-state index contributed by atoms with van der Waals surface area (Å²) in [4.78, 5) is 39.4. The second-order valence-electron chi connectivity index (χ2n) is 7.06. The van der Waals surface area contributed by atoms with Gasteiger partial charge in [-0.05, 0) is 17.4 Å². The lowest BCUT2D eigenvalue weighted by molar-refractivity contribution is -0.120. The quantitative estimate of drug-likeness (QED) is 0.767. The number of hydrogen-bond acceptors (Lipinski definition) is 3. The predicted molar refractivity (Wildman–Crippen MR) is 90.9 cm³/mol. The molecule has 1 heterocycles. The second kappa shape index (κ2) is 5.78. The van der Waals surface area contributed by atoms with E-state index in [9.17, 15) is 14.4 Å². The Balaban J connectivity index is 1.69. The molecule has 1 atom stereocenters. The van der Waals surface area contributed by atoms with Gasteiger partial charge in [0, 0.05) is 23.7 Å². The Kier molecular flexibility index (Phi) is 3.91. The Morgan fingerprint density at radius 2 is 1.88 bits per heavy atom. The van der Waals surface area contributed by atoms with E-state index in [4.69, 9.17) is 0 Å². The number of aromatic nitrogens is 2. The van der Waals surface area contributed by atoms with Gasteiger partial charge in [0.05, 0.1) is 6.42 Å². The van der Waals surface area contributed by atoms with Gasteiger partial charge in [-0.2, -0.15) is 0 Å². The third kappa shape index (κ3) is 2.91. The van der Waals surface area contributed by atoms with Crippen molar-refractivity contribution in [2.75, 3.05) is 6.54 Å². The first kappa shape index (κ1) is 16.2. The number of rotatable bonds is 5. The monoisotopic (exact) mass is 327 g/mol. The summed E-state index contributed by atoms with van der Waals surface area (Å²) in [5.74, 6) is -0.231. The van der Waals surface area contributed by atoms with Crippen LogP contribution in [0.4, 0.5) is 0 Å². The molecule has 3 N–H and O–H groups in total. The van der Waals surface area contributed by atoms with Crippen molar-refractivity contribution in [2.24, 2.45) is 5.41 Å². The molecule has 0 bridgehead atoms. The highest BCUT2D eigenvalue weighted by Crippen LogP contribution is 2.63. The molecule has 126 valence electrons. The van der Waals surface area contributed by atoms with Gasteiger partial charge in [0.25, 0.3) is 5.56 Å². The summed E-state index contributed by atoms with van der Waals surface area (Å²) >= 11 is 0. The van der Waals surface area contributed by atoms with Gasteiger partial charge >= 0.3 is 5.69 Å². The van der Waals surface area contributed by atoms with Crippen molar-refractivity contribution in [1.29, 1.82) is 0 Å². The maximum atomic E-state index is 12.2. The molecule has 0 spiro atoms. The van der Waals surface area contributed by atoms with Gasteiger partial charge in [-0.1, -0.05) is 44.2 Å². The van der Waals surface area contributed by atoms with E-state index >= 15 is 0 Å². The average Bonchev–Trinajstić information content (AvgIpc) is 3.12. The Labute approximate surface area is 139 Å². The summed E-state index contributed by atoms with van der Waals surface area (Å²) in [6, 6.07) is 10.2. The van der Waals surface area contributed by atoms with E-state index in [1.54, 1.807) is 0 Å². The molecule has 1 saturated carbocycles. The molecular weight excluding hydrogens is 306 g/mol. The van der Waals surface area contributed by atoms with Gasteiger partial charge in [-0.25, -0.2) is 4.79 Å². The lowest BCUT2D eigenvalue weighted by Gasteiger charge is -2.22. The van der Waals surface area contributed by atoms with Gasteiger partial charge in [0.2, 0.25) is 5.91 Å². The van der Waals surface area contributed by atoms with Gasteiger partial charge in [0.15, 0.2) is 0 Å². The Hall–Kier alpha value is -2.63. The molecule has 2 aromatic rings. The molecule has 1 amide bonds. The number of aromatic amines is 2. The maximum Gasteiger partial charge on any atom is 0.325 e. The first-order valence-electron chi connectivity index (χ1n) is 7.97. The largest absolute Gasteiger partial charge is 0.355 e. The normalized spacial score (nSPS) is 21.2. The van der Waals surface area contributed by atoms with Crippen LogP contribution in [0.15, 0.2) is 46.1 Å². The highest BCUT2D eigenvalue weighted by molar-refractivity contribution is 5.78. The molecular formula is C18H21N3O3. The smallest absolute Gasteiger partial charge is 0.325 e.